The minimum atomic E-state index is -0.176. The highest BCUT2D eigenvalue weighted by Crippen LogP contribution is 2.32. The number of halogens is 1. The number of para-hydroxylation sites is 1. The van der Waals surface area contributed by atoms with Crippen LogP contribution in [0.2, 0.25) is 0 Å². The average molecular weight is 469 g/mol. The van der Waals surface area contributed by atoms with Crippen LogP contribution < -0.4 is 19.9 Å². The van der Waals surface area contributed by atoms with Gasteiger partial charge in [-0.2, -0.15) is 0 Å². The molecule has 2 aromatic rings. The summed E-state index contributed by atoms with van der Waals surface area (Å²) in [7, 11) is 0. The number of aryl methyl sites for hydroxylation is 1. The van der Waals surface area contributed by atoms with Crippen LogP contribution >= 0.6 is 0 Å². The summed E-state index contributed by atoms with van der Waals surface area (Å²) in [5, 5.41) is 2.93. The van der Waals surface area contributed by atoms with Crippen LogP contribution in [0, 0.1) is 12.7 Å². The molecule has 182 valence electrons. The number of fused-ring (bicyclic) bond motifs is 1. The van der Waals surface area contributed by atoms with Gasteiger partial charge in [-0.25, -0.2) is 4.39 Å². The highest BCUT2D eigenvalue weighted by Gasteiger charge is 2.24. The van der Waals surface area contributed by atoms with Gasteiger partial charge >= 0.3 is 0 Å². The van der Waals surface area contributed by atoms with E-state index in [4.69, 9.17) is 4.74 Å². The van der Waals surface area contributed by atoms with E-state index in [9.17, 15) is 14.0 Å². The van der Waals surface area contributed by atoms with Gasteiger partial charge in [0, 0.05) is 45.6 Å². The van der Waals surface area contributed by atoms with Crippen molar-refractivity contribution in [1.29, 1.82) is 0 Å². The Hall–Kier alpha value is -3.13. The van der Waals surface area contributed by atoms with Gasteiger partial charge < -0.3 is 19.9 Å². The third kappa shape index (κ3) is 6.05. The first-order chi connectivity index (χ1) is 16.5. The van der Waals surface area contributed by atoms with Crippen molar-refractivity contribution in [2.45, 2.75) is 26.2 Å². The topological polar surface area (TPSA) is 65.1 Å². The monoisotopic (exact) mass is 468 g/mol. The van der Waals surface area contributed by atoms with Crippen LogP contribution in [0.25, 0.3) is 0 Å². The Morgan fingerprint density at radius 3 is 2.59 bits per heavy atom. The van der Waals surface area contributed by atoms with Crippen LogP contribution in [-0.2, 0) is 9.59 Å². The second kappa shape index (κ2) is 11.3. The zero-order chi connectivity index (χ0) is 23.9. The number of nitrogens with zero attached hydrogens (tertiary/aromatic N) is 3. The summed E-state index contributed by atoms with van der Waals surface area (Å²) in [6, 6.07) is 12.7. The summed E-state index contributed by atoms with van der Waals surface area (Å²) >= 11 is 0. The van der Waals surface area contributed by atoms with Crippen LogP contribution in [0.1, 0.15) is 24.8 Å². The highest BCUT2D eigenvalue weighted by molar-refractivity contribution is 5.97. The predicted molar refractivity (Wildman–Crippen MR) is 131 cm³/mol. The Bertz CT molecular complexity index is 1010. The third-order valence-corrected chi connectivity index (χ3v) is 6.38. The van der Waals surface area contributed by atoms with E-state index in [1.54, 1.807) is 11.0 Å². The maximum atomic E-state index is 14.0. The van der Waals surface area contributed by atoms with Gasteiger partial charge in [0.1, 0.15) is 18.2 Å². The zero-order valence-electron chi connectivity index (χ0n) is 19.8. The molecule has 0 atom stereocenters. The standard InChI is InChI=1S/C26H33FN4O3/c1-20-7-8-24-23(19-20)31(17-18-34-24)26(33)10-9-25(32)28-11-4-12-29-13-15-30(16-14-29)22-6-3-2-5-21(22)27/h2-3,5-8,19H,4,9-18H2,1H3,(H,28,32). The average Bonchev–Trinajstić information content (AvgIpc) is 2.85. The molecule has 0 saturated carbocycles. The number of benzene rings is 2. The normalized spacial score (nSPS) is 16.1. The number of carbonyl (C=O) groups is 2. The predicted octanol–water partition coefficient (Wildman–Crippen LogP) is 2.97. The smallest absolute Gasteiger partial charge is 0.227 e. The van der Waals surface area contributed by atoms with Crippen molar-refractivity contribution in [3.63, 3.8) is 0 Å². The second-order valence-corrected chi connectivity index (χ2v) is 8.85. The number of piperazine rings is 1. The molecule has 1 N–H and O–H groups in total. The van der Waals surface area contributed by atoms with Gasteiger partial charge in [0.05, 0.1) is 17.9 Å². The highest BCUT2D eigenvalue weighted by atomic mass is 19.1. The molecule has 2 aromatic carbocycles. The Labute approximate surface area is 200 Å². The molecule has 2 amide bonds. The van der Waals surface area contributed by atoms with Gasteiger partial charge in [-0.15, -0.1) is 0 Å². The van der Waals surface area contributed by atoms with E-state index in [1.807, 2.05) is 37.3 Å². The van der Waals surface area contributed by atoms with Gasteiger partial charge in [0.2, 0.25) is 11.8 Å². The number of hydrogen-bond donors (Lipinski definition) is 1. The minimum Gasteiger partial charge on any atom is -0.490 e. The molecule has 2 aliphatic heterocycles. The number of hydrogen-bond acceptors (Lipinski definition) is 5. The Kier molecular flexibility index (Phi) is 8.00. The van der Waals surface area contributed by atoms with E-state index in [2.05, 4.69) is 15.1 Å². The molecule has 0 aromatic heterocycles. The van der Waals surface area contributed by atoms with E-state index >= 15 is 0 Å². The maximum Gasteiger partial charge on any atom is 0.227 e. The van der Waals surface area contributed by atoms with Gasteiger partial charge in [0.25, 0.3) is 0 Å². The van der Waals surface area contributed by atoms with Crippen molar-refractivity contribution in [2.24, 2.45) is 0 Å². The summed E-state index contributed by atoms with van der Waals surface area (Å²) in [5.41, 5.74) is 2.51. The van der Waals surface area contributed by atoms with Gasteiger partial charge in [-0.3, -0.25) is 14.5 Å². The van der Waals surface area contributed by atoms with Gasteiger partial charge in [0.15, 0.2) is 0 Å². The molecule has 8 heteroatoms. The van der Waals surface area contributed by atoms with Crippen LogP contribution in [0.15, 0.2) is 42.5 Å². The van der Waals surface area contributed by atoms with Crippen molar-refractivity contribution >= 4 is 23.2 Å². The molecule has 1 fully saturated rings. The SMILES string of the molecule is Cc1ccc2c(c1)N(C(=O)CCC(=O)NCCCN1CCN(c3ccccc3F)CC1)CCO2. The van der Waals surface area contributed by atoms with Crippen molar-refractivity contribution in [2.75, 3.05) is 62.2 Å². The molecular formula is C26H33FN4O3. The molecule has 0 unspecified atom stereocenters. The Balaban J connectivity index is 1.12. The second-order valence-electron chi connectivity index (χ2n) is 8.85. The number of anilines is 2. The molecule has 4 rings (SSSR count). The molecule has 0 radical (unpaired) electrons. The maximum absolute atomic E-state index is 14.0. The van der Waals surface area contributed by atoms with Crippen LogP contribution in [0.5, 0.6) is 5.75 Å². The van der Waals surface area contributed by atoms with Crippen LogP contribution in [-0.4, -0.2) is 69.1 Å². The molecule has 0 bridgehead atoms. The summed E-state index contributed by atoms with van der Waals surface area (Å²) in [4.78, 5) is 31.1. The number of ether oxygens (including phenoxy) is 1. The van der Waals surface area contributed by atoms with E-state index in [-0.39, 0.29) is 30.5 Å². The lowest BCUT2D eigenvalue weighted by atomic mass is 10.1. The molecule has 0 spiro atoms. The Morgan fingerprint density at radius 2 is 1.79 bits per heavy atom. The summed E-state index contributed by atoms with van der Waals surface area (Å²) in [6.07, 6.45) is 1.20. The molecule has 2 heterocycles. The quantitative estimate of drug-likeness (QED) is 0.604. The molecule has 34 heavy (non-hydrogen) atoms. The summed E-state index contributed by atoms with van der Waals surface area (Å²) in [6.45, 7) is 7.74. The van der Waals surface area contributed by atoms with Crippen molar-refractivity contribution in [3.8, 4) is 5.75 Å². The number of nitrogens with one attached hydrogen (secondary N) is 1. The fourth-order valence-corrected chi connectivity index (χ4v) is 4.48. The molecule has 2 aliphatic rings. The van der Waals surface area contributed by atoms with Crippen molar-refractivity contribution in [1.82, 2.24) is 10.2 Å². The first-order valence-corrected chi connectivity index (χ1v) is 12.0. The lowest BCUT2D eigenvalue weighted by Crippen LogP contribution is -2.47. The fourth-order valence-electron chi connectivity index (χ4n) is 4.48. The third-order valence-electron chi connectivity index (χ3n) is 6.38. The minimum absolute atomic E-state index is 0.0574. The van der Waals surface area contributed by atoms with Crippen molar-refractivity contribution in [3.05, 3.63) is 53.8 Å². The van der Waals surface area contributed by atoms with Gasteiger partial charge in [-0.1, -0.05) is 18.2 Å². The zero-order valence-corrected chi connectivity index (χ0v) is 19.8. The number of rotatable bonds is 8. The summed E-state index contributed by atoms with van der Waals surface area (Å²) in [5.74, 6) is 0.378. The van der Waals surface area contributed by atoms with Crippen molar-refractivity contribution < 1.29 is 18.7 Å². The number of amides is 2. The first-order valence-electron chi connectivity index (χ1n) is 12.0. The van der Waals surface area contributed by atoms with E-state index in [0.717, 1.165) is 50.4 Å². The van der Waals surface area contributed by atoms with Gasteiger partial charge in [-0.05, 0) is 49.7 Å². The largest absolute Gasteiger partial charge is 0.490 e. The Morgan fingerprint density at radius 1 is 1.00 bits per heavy atom. The lowest BCUT2D eigenvalue weighted by molar-refractivity contribution is -0.125. The molecular weight excluding hydrogens is 435 g/mol. The summed E-state index contributed by atoms with van der Waals surface area (Å²) < 4.78 is 19.6. The van der Waals surface area contributed by atoms with Crippen LogP contribution in [0.3, 0.4) is 0 Å². The van der Waals surface area contributed by atoms with E-state index in [0.29, 0.717) is 31.1 Å². The molecule has 0 aliphatic carbocycles. The molecule has 7 nitrogen and oxygen atoms in total. The first kappa shape index (κ1) is 24.0. The van der Waals surface area contributed by atoms with E-state index < -0.39 is 0 Å². The van der Waals surface area contributed by atoms with E-state index in [1.165, 1.54) is 6.07 Å². The fraction of sp³-hybridized carbons (Fsp3) is 0.462. The molecule has 1 saturated heterocycles. The van der Waals surface area contributed by atoms with Crippen LogP contribution in [0.4, 0.5) is 15.8 Å². The number of carbonyl (C=O) groups excluding carboxylic acids is 2. The lowest BCUT2D eigenvalue weighted by Gasteiger charge is -2.36.